The number of nitrogens with zero attached hydrogens (tertiary/aromatic N) is 1. The minimum Gasteiger partial charge on any atom is -0.299 e. The smallest absolute Gasteiger partial charge is 0.142 e. The standard InChI is InChI=1S/C8H6ClNO/c9-8-3-4-10-6-7(8)2-1-5-11/h1-6H. The van der Waals surface area contributed by atoms with Crippen LogP contribution in [-0.2, 0) is 4.79 Å². The van der Waals surface area contributed by atoms with Gasteiger partial charge in [-0.2, -0.15) is 0 Å². The summed E-state index contributed by atoms with van der Waals surface area (Å²) in [7, 11) is 0. The van der Waals surface area contributed by atoms with Gasteiger partial charge in [-0.05, 0) is 18.2 Å². The second-order valence-electron chi connectivity index (χ2n) is 1.89. The lowest BCUT2D eigenvalue weighted by Gasteiger charge is -1.92. The lowest BCUT2D eigenvalue weighted by Crippen LogP contribution is -1.76. The fraction of sp³-hybridized carbons (Fsp3) is 0. The second kappa shape index (κ2) is 3.88. The van der Waals surface area contributed by atoms with E-state index in [2.05, 4.69) is 4.98 Å². The predicted octanol–water partition coefficient (Wildman–Crippen LogP) is 1.95. The van der Waals surface area contributed by atoms with Gasteiger partial charge in [0.15, 0.2) is 0 Å². The first-order chi connectivity index (χ1) is 5.34. The highest BCUT2D eigenvalue weighted by Crippen LogP contribution is 2.14. The van der Waals surface area contributed by atoms with Gasteiger partial charge in [0.05, 0.1) is 5.02 Å². The van der Waals surface area contributed by atoms with E-state index in [1.165, 1.54) is 6.08 Å². The van der Waals surface area contributed by atoms with E-state index in [0.717, 1.165) is 5.56 Å². The average molecular weight is 168 g/mol. The molecule has 0 saturated carbocycles. The molecule has 3 heteroatoms. The van der Waals surface area contributed by atoms with Crippen molar-refractivity contribution in [3.63, 3.8) is 0 Å². The molecule has 0 aromatic carbocycles. The van der Waals surface area contributed by atoms with Crippen LogP contribution in [0.2, 0.25) is 5.02 Å². The summed E-state index contributed by atoms with van der Waals surface area (Å²) in [6.45, 7) is 0. The molecule has 0 aliphatic heterocycles. The summed E-state index contributed by atoms with van der Waals surface area (Å²) < 4.78 is 0. The average Bonchev–Trinajstić information content (AvgIpc) is 2.03. The zero-order valence-corrected chi connectivity index (χ0v) is 6.45. The Balaban J connectivity index is 2.94. The monoisotopic (exact) mass is 167 g/mol. The topological polar surface area (TPSA) is 30.0 Å². The van der Waals surface area contributed by atoms with Gasteiger partial charge >= 0.3 is 0 Å². The van der Waals surface area contributed by atoms with Crippen molar-refractivity contribution in [1.29, 1.82) is 0 Å². The van der Waals surface area contributed by atoms with Crippen molar-refractivity contribution in [2.75, 3.05) is 0 Å². The maximum absolute atomic E-state index is 9.94. The Kier molecular flexibility index (Phi) is 2.81. The van der Waals surface area contributed by atoms with Crippen LogP contribution in [0.1, 0.15) is 5.56 Å². The van der Waals surface area contributed by atoms with Gasteiger partial charge in [-0.3, -0.25) is 9.78 Å². The number of hydrogen-bond acceptors (Lipinski definition) is 2. The van der Waals surface area contributed by atoms with Crippen LogP contribution in [0.15, 0.2) is 24.5 Å². The van der Waals surface area contributed by atoms with Crippen LogP contribution < -0.4 is 0 Å². The molecule has 0 aliphatic rings. The van der Waals surface area contributed by atoms with Crippen LogP contribution in [0.5, 0.6) is 0 Å². The molecule has 1 heterocycles. The van der Waals surface area contributed by atoms with Crippen LogP contribution in [0, 0.1) is 0 Å². The third-order valence-electron chi connectivity index (χ3n) is 1.15. The number of rotatable bonds is 2. The number of pyridine rings is 1. The summed E-state index contributed by atoms with van der Waals surface area (Å²) in [5, 5.41) is 0.595. The Bertz CT molecular complexity index is 283. The molecular weight excluding hydrogens is 162 g/mol. The molecule has 2 nitrogen and oxygen atoms in total. The Morgan fingerprint density at radius 2 is 2.36 bits per heavy atom. The molecule has 56 valence electrons. The van der Waals surface area contributed by atoms with Crippen LogP contribution in [-0.4, -0.2) is 11.3 Å². The highest BCUT2D eigenvalue weighted by Gasteiger charge is 1.92. The van der Waals surface area contributed by atoms with Crippen LogP contribution >= 0.6 is 11.6 Å². The molecule has 1 rings (SSSR count). The number of allylic oxidation sites excluding steroid dienone is 1. The van der Waals surface area contributed by atoms with Gasteiger partial charge in [0.1, 0.15) is 6.29 Å². The van der Waals surface area contributed by atoms with Gasteiger partial charge in [-0.1, -0.05) is 11.6 Å². The summed E-state index contributed by atoms with van der Waals surface area (Å²) in [5.41, 5.74) is 0.751. The van der Waals surface area contributed by atoms with Gasteiger partial charge in [-0.25, -0.2) is 0 Å². The van der Waals surface area contributed by atoms with Gasteiger partial charge in [-0.15, -0.1) is 0 Å². The van der Waals surface area contributed by atoms with Crippen molar-refractivity contribution >= 4 is 24.0 Å². The number of aldehydes is 1. The number of carbonyl (C=O) groups is 1. The van der Waals surface area contributed by atoms with Crippen molar-refractivity contribution in [2.24, 2.45) is 0 Å². The van der Waals surface area contributed by atoms with Gasteiger partial charge in [0.2, 0.25) is 0 Å². The summed E-state index contributed by atoms with van der Waals surface area (Å²) in [6, 6.07) is 1.67. The molecule has 0 N–H and O–H groups in total. The molecule has 0 atom stereocenters. The largest absolute Gasteiger partial charge is 0.299 e. The van der Waals surface area contributed by atoms with Crippen LogP contribution in [0.25, 0.3) is 6.08 Å². The SMILES string of the molecule is O=CC=Cc1cnccc1Cl. The van der Waals surface area contributed by atoms with Crippen molar-refractivity contribution in [3.05, 3.63) is 35.1 Å². The fourth-order valence-electron chi connectivity index (χ4n) is 0.655. The van der Waals surface area contributed by atoms with Crippen molar-refractivity contribution in [3.8, 4) is 0 Å². The maximum Gasteiger partial charge on any atom is 0.142 e. The van der Waals surface area contributed by atoms with E-state index >= 15 is 0 Å². The summed E-state index contributed by atoms with van der Waals surface area (Å²) in [6.07, 6.45) is 6.89. The van der Waals surface area contributed by atoms with E-state index in [4.69, 9.17) is 11.6 Å². The second-order valence-corrected chi connectivity index (χ2v) is 2.30. The van der Waals surface area contributed by atoms with E-state index in [1.807, 2.05) is 0 Å². The first kappa shape index (κ1) is 7.95. The van der Waals surface area contributed by atoms with Crippen molar-refractivity contribution in [1.82, 2.24) is 4.98 Å². The van der Waals surface area contributed by atoms with E-state index in [1.54, 1.807) is 24.5 Å². The summed E-state index contributed by atoms with van der Waals surface area (Å²) >= 11 is 5.75. The Morgan fingerprint density at radius 1 is 1.55 bits per heavy atom. The first-order valence-corrected chi connectivity index (χ1v) is 3.44. The quantitative estimate of drug-likeness (QED) is 0.498. The van der Waals surface area contributed by atoms with Gasteiger partial charge < -0.3 is 0 Å². The molecule has 0 fully saturated rings. The zero-order chi connectivity index (χ0) is 8.10. The maximum atomic E-state index is 9.94. The first-order valence-electron chi connectivity index (χ1n) is 3.06. The molecule has 0 radical (unpaired) electrons. The lowest BCUT2D eigenvalue weighted by atomic mass is 10.2. The number of aromatic nitrogens is 1. The highest BCUT2D eigenvalue weighted by molar-refractivity contribution is 6.32. The molecule has 0 saturated heterocycles. The molecule has 1 aromatic heterocycles. The number of carbonyl (C=O) groups excluding carboxylic acids is 1. The number of hydrogen-bond donors (Lipinski definition) is 0. The molecular formula is C8H6ClNO. The van der Waals surface area contributed by atoms with Gasteiger partial charge in [0, 0.05) is 18.0 Å². The van der Waals surface area contributed by atoms with Crippen LogP contribution in [0.3, 0.4) is 0 Å². The molecule has 11 heavy (non-hydrogen) atoms. The number of halogens is 1. The lowest BCUT2D eigenvalue weighted by molar-refractivity contribution is -0.104. The van der Waals surface area contributed by atoms with E-state index in [9.17, 15) is 4.79 Å². The van der Waals surface area contributed by atoms with Crippen molar-refractivity contribution < 1.29 is 4.79 Å². The molecule has 1 aromatic rings. The Morgan fingerprint density at radius 3 is 3.00 bits per heavy atom. The highest BCUT2D eigenvalue weighted by atomic mass is 35.5. The molecule has 0 aliphatic carbocycles. The van der Waals surface area contributed by atoms with E-state index in [-0.39, 0.29) is 0 Å². The molecule has 0 spiro atoms. The van der Waals surface area contributed by atoms with E-state index in [0.29, 0.717) is 11.3 Å². The Labute approximate surface area is 69.5 Å². The van der Waals surface area contributed by atoms with Crippen LogP contribution in [0.4, 0.5) is 0 Å². The van der Waals surface area contributed by atoms with E-state index < -0.39 is 0 Å². The predicted molar refractivity (Wildman–Crippen MR) is 44.3 cm³/mol. The Hall–Kier alpha value is -1.15. The molecule has 0 bridgehead atoms. The third kappa shape index (κ3) is 2.16. The minimum absolute atomic E-state index is 0.595. The zero-order valence-electron chi connectivity index (χ0n) is 5.70. The summed E-state index contributed by atoms with van der Waals surface area (Å²) in [5.74, 6) is 0. The van der Waals surface area contributed by atoms with Crippen molar-refractivity contribution in [2.45, 2.75) is 0 Å². The van der Waals surface area contributed by atoms with Gasteiger partial charge in [0.25, 0.3) is 0 Å². The third-order valence-corrected chi connectivity index (χ3v) is 1.49. The normalized spacial score (nSPS) is 10.3. The molecule has 0 amide bonds. The summed E-state index contributed by atoms with van der Waals surface area (Å²) in [4.78, 5) is 13.8. The fourth-order valence-corrected chi connectivity index (χ4v) is 0.823. The molecule has 0 unspecified atom stereocenters. The minimum atomic E-state index is 0.595.